The van der Waals surface area contributed by atoms with Gasteiger partial charge in [0.2, 0.25) is 0 Å². The first-order chi connectivity index (χ1) is 15.5. The van der Waals surface area contributed by atoms with E-state index in [1.165, 1.54) is 5.56 Å². The van der Waals surface area contributed by atoms with E-state index >= 15 is 0 Å². The van der Waals surface area contributed by atoms with Gasteiger partial charge in [0.25, 0.3) is 0 Å². The first-order valence-corrected chi connectivity index (χ1v) is 11.2. The molecule has 2 heterocycles. The molecule has 0 fully saturated rings. The van der Waals surface area contributed by atoms with E-state index in [1.54, 1.807) is 6.07 Å². The number of ether oxygens (including phenoxy) is 1. The van der Waals surface area contributed by atoms with E-state index in [4.69, 9.17) is 9.15 Å². The molecule has 1 aliphatic rings. The SMILES string of the molecule is CC[C@H](C)c1ccc(N2COc3c(cc4c(-c5ccccc5)cc(=O)oc4c3C)C2)cc1. The molecule has 3 aromatic carbocycles. The van der Waals surface area contributed by atoms with E-state index in [9.17, 15) is 4.79 Å². The molecule has 0 amide bonds. The summed E-state index contributed by atoms with van der Waals surface area (Å²) in [5.74, 6) is 1.38. The van der Waals surface area contributed by atoms with Gasteiger partial charge in [-0.1, -0.05) is 56.3 Å². The minimum atomic E-state index is -0.349. The molecule has 0 bridgehead atoms. The van der Waals surface area contributed by atoms with Crippen LogP contribution in [0.15, 0.2) is 75.9 Å². The summed E-state index contributed by atoms with van der Waals surface area (Å²) < 4.78 is 11.8. The molecular weight excluding hydrogens is 398 g/mol. The molecular formula is C28H27NO3. The molecule has 0 N–H and O–H groups in total. The lowest BCUT2D eigenvalue weighted by Gasteiger charge is -2.32. The van der Waals surface area contributed by atoms with Gasteiger partial charge in [-0.05, 0) is 54.2 Å². The minimum absolute atomic E-state index is 0.349. The Hall–Kier alpha value is -3.53. The van der Waals surface area contributed by atoms with Gasteiger partial charge in [0.05, 0.1) is 0 Å². The van der Waals surface area contributed by atoms with Crippen LogP contribution < -0.4 is 15.3 Å². The molecule has 1 aliphatic heterocycles. The van der Waals surface area contributed by atoms with Crippen molar-refractivity contribution >= 4 is 16.7 Å². The van der Waals surface area contributed by atoms with Gasteiger partial charge < -0.3 is 14.1 Å². The van der Waals surface area contributed by atoms with Gasteiger partial charge in [0, 0.05) is 34.8 Å². The average Bonchev–Trinajstić information content (AvgIpc) is 2.84. The molecule has 32 heavy (non-hydrogen) atoms. The van der Waals surface area contributed by atoms with Crippen molar-refractivity contribution in [3.63, 3.8) is 0 Å². The summed E-state index contributed by atoms with van der Waals surface area (Å²) in [6.07, 6.45) is 1.13. The molecule has 4 nitrogen and oxygen atoms in total. The van der Waals surface area contributed by atoms with Crippen LogP contribution in [0.4, 0.5) is 5.69 Å². The largest absolute Gasteiger partial charge is 0.472 e. The molecule has 162 valence electrons. The fourth-order valence-corrected chi connectivity index (χ4v) is 4.49. The zero-order valence-corrected chi connectivity index (χ0v) is 18.7. The van der Waals surface area contributed by atoms with Crippen LogP contribution in [0.1, 0.15) is 42.9 Å². The fraction of sp³-hybridized carbons (Fsp3) is 0.250. The number of aryl methyl sites for hydroxylation is 1. The Labute approximate surface area is 188 Å². The van der Waals surface area contributed by atoms with E-state index < -0.39 is 0 Å². The molecule has 0 saturated carbocycles. The van der Waals surface area contributed by atoms with Crippen LogP contribution in [0.3, 0.4) is 0 Å². The van der Waals surface area contributed by atoms with Crippen LogP contribution in [-0.4, -0.2) is 6.73 Å². The van der Waals surface area contributed by atoms with Gasteiger partial charge in [-0.3, -0.25) is 0 Å². The molecule has 0 aliphatic carbocycles. The molecule has 1 atom stereocenters. The number of hydrogen-bond acceptors (Lipinski definition) is 4. The van der Waals surface area contributed by atoms with Crippen LogP contribution >= 0.6 is 0 Å². The summed E-state index contributed by atoms with van der Waals surface area (Å²) in [5.41, 5.74) is 6.61. The summed E-state index contributed by atoms with van der Waals surface area (Å²) in [6, 6.07) is 22.5. The Kier molecular flexibility index (Phi) is 5.22. The average molecular weight is 426 g/mol. The van der Waals surface area contributed by atoms with Crippen LogP contribution in [-0.2, 0) is 6.54 Å². The van der Waals surface area contributed by atoms with E-state index in [1.807, 2.05) is 37.3 Å². The fourth-order valence-electron chi connectivity index (χ4n) is 4.49. The van der Waals surface area contributed by atoms with Crippen molar-refractivity contribution in [2.45, 2.75) is 39.7 Å². The Morgan fingerprint density at radius 2 is 1.78 bits per heavy atom. The smallest absolute Gasteiger partial charge is 0.336 e. The predicted octanol–water partition coefficient (Wildman–Crippen LogP) is 6.64. The highest BCUT2D eigenvalue weighted by Gasteiger charge is 2.23. The van der Waals surface area contributed by atoms with Gasteiger partial charge in [0.1, 0.15) is 11.3 Å². The van der Waals surface area contributed by atoms with Crippen molar-refractivity contribution in [2.75, 3.05) is 11.6 Å². The molecule has 0 spiro atoms. The number of rotatable bonds is 4. The topological polar surface area (TPSA) is 42.7 Å². The maximum atomic E-state index is 12.3. The van der Waals surface area contributed by atoms with E-state index in [0.29, 0.717) is 18.2 Å². The van der Waals surface area contributed by atoms with Gasteiger partial charge in [-0.2, -0.15) is 0 Å². The highest BCUT2D eigenvalue weighted by atomic mass is 16.5. The van der Waals surface area contributed by atoms with Crippen LogP contribution in [0.2, 0.25) is 0 Å². The predicted molar refractivity (Wildman–Crippen MR) is 129 cm³/mol. The lowest BCUT2D eigenvalue weighted by molar-refractivity contribution is 0.287. The minimum Gasteiger partial charge on any atom is -0.472 e. The number of hydrogen-bond donors (Lipinski definition) is 0. The van der Waals surface area contributed by atoms with Crippen molar-refractivity contribution < 1.29 is 9.15 Å². The summed E-state index contributed by atoms with van der Waals surface area (Å²) >= 11 is 0. The highest BCUT2D eigenvalue weighted by Crippen LogP contribution is 2.39. The molecule has 0 radical (unpaired) electrons. The second-order valence-corrected chi connectivity index (χ2v) is 8.58. The van der Waals surface area contributed by atoms with Gasteiger partial charge in [0.15, 0.2) is 6.73 Å². The summed E-state index contributed by atoms with van der Waals surface area (Å²) in [5, 5.41) is 0.935. The molecule has 5 rings (SSSR count). The summed E-state index contributed by atoms with van der Waals surface area (Å²) in [4.78, 5) is 14.5. The molecule has 4 aromatic rings. The Bertz CT molecular complexity index is 1320. The van der Waals surface area contributed by atoms with Crippen molar-refractivity contribution in [3.05, 3.63) is 93.8 Å². The lowest BCUT2D eigenvalue weighted by atomic mass is 9.96. The third kappa shape index (κ3) is 3.56. The normalized spacial score (nSPS) is 14.2. The molecule has 0 unspecified atom stereocenters. The first-order valence-electron chi connectivity index (χ1n) is 11.2. The lowest BCUT2D eigenvalue weighted by Crippen LogP contribution is -2.32. The number of fused-ring (bicyclic) bond motifs is 2. The number of nitrogens with zero attached hydrogens (tertiary/aromatic N) is 1. The third-order valence-corrected chi connectivity index (χ3v) is 6.54. The second-order valence-electron chi connectivity index (χ2n) is 8.58. The highest BCUT2D eigenvalue weighted by molar-refractivity contribution is 5.96. The second kappa shape index (κ2) is 8.19. The monoisotopic (exact) mass is 425 g/mol. The molecule has 1 aromatic heterocycles. The van der Waals surface area contributed by atoms with Crippen molar-refractivity contribution in [1.29, 1.82) is 0 Å². The maximum absolute atomic E-state index is 12.3. The third-order valence-electron chi connectivity index (χ3n) is 6.54. The quantitative estimate of drug-likeness (QED) is 0.344. The van der Waals surface area contributed by atoms with Gasteiger partial charge in [-0.25, -0.2) is 4.79 Å². The van der Waals surface area contributed by atoms with Crippen LogP contribution in [0, 0.1) is 6.92 Å². The van der Waals surface area contributed by atoms with Crippen molar-refractivity contribution in [2.24, 2.45) is 0 Å². The van der Waals surface area contributed by atoms with Crippen LogP contribution in [0.25, 0.3) is 22.1 Å². The summed E-state index contributed by atoms with van der Waals surface area (Å²) in [7, 11) is 0. The standard InChI is InChI=1S/C28H27NO3/c1-4-18(2)20-10-12-23(13-11-20)29-16-22-14-25-24(21-8-6-5-7-9-21)15-26(30)32-28(25)19(3)27(22)31-17-29/h5-15,18H,4,16-17H2,1-3H3/t18-/m0/s1. The van der Waals surface area contributed by atoms with Crippen molar-refractivity contribution in [3.8, 4) is 16.9 Å². The van der Waals surface area contributed by atoms with E-state index in [-0.39, 0.29) is 5.63 Å². The van der Waals surface area contributed by atoms with E-state index in [0.717, 1.165) is 52.0 Å². The first kappa shape index (κ1) is 20.4. The maximum Gasteiger partial charge on any atom is 0.336 e. The Morgan fingerprint density at radius 3 is 2.50 bits per heavy atom. The molecule has 0 saturated heterocycles. The number of benzene rings is 3. The summed E-state index contributed by atoms with van der Waals surface area (Å²) in [6.45, 7) is 7.64. The zero-order valence-electron chi connectivity index (χ0n) is 18.7. The Balaban J connectivity index is 1.57. The van der Waals surface area contributed by atoms with E-state index in [2.05, 4.69) is 49.1 Å². The zero-order chi connectivity index (χ0) is 22.2. The van der Waals surface area contributed by atoms with Gasteiger partial charge >= 0.3 is 5.63 Å². The Morgan fingerprint density at radius 1 is 1.03 bits per heavy atom. The van der Waals surface area contributed by atoms with Gasteiger partial charge in [-0.15, -0.1) is 0 Å². The van der Waals surface area contributed by atoms with Crippen LogP contribution in [0.5, 0.6) is 5.75 Å². The number of anilines is 1. The van der Waals surface area contributed by atoms with Crippen molar-refractivity contribution in [1.82, 2.24) is 0 Å². The molecule has 4 heteroatoms.